The average molecular weight is 481 g/mol. The van der Waals surface area contributed by atoms with E-state index in [1.807, 2.05) is 38.1 Å². The number of carboxylic acid groups (broad SMARTS) is 1. The van der Waals surface area contributed by atoms with E-state index in [9.17, 15) is 19.5 Å². The quantitative estimate of drug-likeness (QED) is 0.554. The first-order valence-electron chi connectivity index (χ1n) is 12.1. The van der Waals surface area contributed by atoms with Crippen molar-refractivity contribution >= 4 is 18.0 Å². The molecular weight excluding hydrogens is 444 g/mol. The van der Waals surface area contributed by atoms with Gasteiger partial charge < -0.3 is 14.7 Å². The van der Waals surface area contributed by atoms with Crippen LogP contribution in [-0.4, -0.2) is 65.7 Å². The van der Waals surface area contributed by atoms with Crippen molar-refractivity contribution in [2.24, 2.45) is 11.8 Å². The van der Waals surface area contributed by atoms with Crippen LogP contribution in [0.25, 0.3) is 11.1 Å². The Morgan fingerprint density at radius 1 is 0.886 bits per heavy atom. The van der Waals surface area contributed by atoms with Crippen molar-refractivity contribution in [3.63, 3.8) is 0 Å². The second-order valence-corrected chi connectivity index (χ2v) is 10.0. The maximum atomic E-state index is 13.4. The second kappa shape index (κ2) is 10.9. The molecule has 1 unspecified atom stereocenters. The molecular formula is C28H36N2O5. The lowest BCUT2D eigenvalue weighted by atomic mass is 9.98. The summed E-state index contributed by atoms with van der Waals surface area (Å²) in [7, 11) is 3.03. The molecule has 2 atom stereocenters. The molecule has 0 heterocycles. The third-order valence-electron chi connectivity index (χ3n) is 6.72. The molecule has 0 spiro atoms. The van der Waals surface area contributed by atoms with Gasteiger partial charge >= 0.3 is 12.1 Å². The number of ether oxygens (including phenoxy) is 1. The Morgan fingerprint density at radius 3 is 1.86 bits per heavy atom. The molecule has 3 rings (SSSR count). The van der Waals surface area contributed by atoms with Crippen LogP contribution in [0.1, 0.15) is 51.2 Å². The van der Waals surface area contributed by atoms with E-state index in [1.165, 1.54) is 16.8 Å². The fourth-order valence-corrected chi connectivity index (χ4v) is 4.96. The van der Waals surface area contributed by atoms with Crippen molar-refractivity contribution in [1.82, 2.24) is 9.80 Å². The van der Waals surface area contributed by atoms with Crippen molar-refractivity contribution in [3.8, 4) is 11.1 Å². The van der Waals surface area contributed by atoms with Gasteiger partial charge in [-0.3, -0.25) is 9.69 Å². The van der Waals surface area contributed by atoms with Gasteiger partial charge in [0.1, 0.15) is 18.7 Å². The van der Waals surface area contributed by atoms with E-state index in [4.69, 9.17) is 4.74 Å². The molecule has 0 bridgehead atoms. The number of likely N-dealkylation sites (N-methyl/N-ethyl adjacent to an activating group) is 2. The molecule has 2 aromatic rings. The van der Waals surface area contributed by atoms with Crippen LogP contribution in [0.15, 0.2) is 48.5 Å². The van der Waals surface area contributed by atoms with Crippen LogP contribution >= 0.6 is 0 Å². The number of carbonyl (C=O) groups excluding carboxylic acids is 2. The summed E-state index contributed by atoms with van der Waals surface area (Å²) in [6, 6.07) is 14.4. The van der Waals surface area contributed by atoms with Crippen LogP contribution in [-0.2, 0) is 14.3 Å². The van der Waals surface area contributed by atoms with Crippen LogP contribution in [0.3, 0.4) is 0 Å². The zero-order valence-electron chi connectivity index (χ0n) is 21.4. The third-order valence-corrected chi connectivity index (χ3v) is 6.72. The molecule has 7 heteroatoms. The topological polar surface area (TPSA) is 87.2 Å². The molecule has 1 aliphatic rings. The van der Waals surface area contributed by atoms with Gasteiger partial charge in [-0.2, -0.15) is 0 Å². The van der Waals surface area contributed by atoms with Crippen molar-refractivity contribution in [2.75, 3.05) is 20.7 Å². The molecule has 0 saturated heterocycles. The number of carbonyl (C=O) groups is 3. The number of amides is 2. The van der Waals surface area contributed by atoms with Crippen molar-refractivity contribution in [2.45, 2.75) is 52.1 Å². The van der Waals surface area contributed by atoms with Crippen LogP contribution in [0.4, 0.5) is 4.79 Å². The average Bonchev–Trinajstić information content (AvgIpc) is 3.13. The highest BCUT2D eigenvalue weighted by Gasteiger charge is 2.37. The van der Waals surface area contributed by atoms with Gasteiger partial charge in [0.05, 0.1) is 0 Å². The number of hydrogen-bond donors (Lipinski definition) is 1. The zero-order valence-corrected chi connectivity index (χ0v) is 21.4. The minimum absolute atomic E-state index is 0.0843. The van der Waals surface area contributed by atoms with Gasteiger partial charge in [-0.05, 0) is 40.5 Å². The number of benzene rings is 2. The summed E-state index contributed by atoms with van der Waals surface area (Å²) in [4.78, 5) is 40.8. The molecule has 0 saturated carbocycles. The second-order valence-electron chi connectivity index (χ2n) is 10.0. The molecule has 0 radical (unpaired) electrons. The Labute approximate surface area is 207 Å². The van der Waals surface area contributed by atoms with Gasteiger partial charge in [-0.25, -0.2) is 9.59 Å². The Bertz CT molecular complexity index is 1040. The van der Waals surface area contributed by atoms with Crippen LogP contribution < -0.4 is 0 Å². The predicted octanol–water partition coefficient (Wildman–Crippen LogP) is 4.85. The summed E-state index contributed by atoms with van der Waals surface area (Å²) in [5, 5.41) is 9.64. The summed E-state index contributed by atoms with van der Waals surface area (Å²) < 4.78 is 5.75. The van der Waals surface area contributed by atoms with Crippen LogP contribution in [0.5, 0.6) is 0 Å². The summed E-state index contributed by atoms with van der Waals surface area (Å²) in [5.74, 6) is -1.72. The van der Waals surface area contributed by atoms with Crippen LogP contribution in [0, 0.1) is 11.8 Å². The fourth-order valence-electron chi connectivity index (χ4n) is 4.96. The first kappa shape index (κ1) is 26.3. The molecule has 7 nitrogen and oxygen atoms in total. The highest BCUT2D eigenvalue weighted by atomic mass is 16.6. The van der Waals surface area contributed by atoms with E-state index in [-0.39, 0.29) is 24.4 Å². The predicted molar refractivity (Wildman–Crippen MR) is 135 cm³/mol. The minimum atomic E-state index is -1.07. The largest absolute Gasteiger partial charge is 0.480 e. The molecule has 2 aromatic carbocycles. The van der Waals surface area contributed by atoms with Gasteiger partial charge in [-0.15, -0.1) is 0 Å². The molecule has 188 valence electrons. The third kappa shape index (κ3) is 5.50. The molecule has 0 aromatic heterocycles. The van der Waals surface area contributed by atoms with E-state index in [0.717, 1.165) is 22.3 Å². The van der Waals surface area contributed by atoms with Crippen LogP contribution in [0.2, 0.25) is 0 Å². The highest BCUT2D eigenvalue weighted by Crippen LogP contribution is 2.44. The van der Waals surface area contributed by atoms with Crippen molar-refractivity contribution in [1.29, 1.82) is 0 Å². The minimum Gasteiger partial charge on any atom is -0.480 e. The Morgan fingerprint density at radius 2 is 1.40 bits per heavy atom. The Kier molecular flexibility index (Phi) is 8.20. The van der Waals surface area contributed by atoms with Gasteiger partial charge in [0.2, 0.25) is 5.91 Å². The van der Waals surface area contributed by atoms with Crippen molar-refractivity contribution < 1.29 is 24.2 Å². The molecule has 2 amide bonds. The van der Waals surface area contributed by atoms with Gasteiger partial charge in [0.25, 0.3) is 0 Å². The van der Waals surface area contributed by atoms with Gasteiger partial charge in [0, 0.05) is 20.0 Å². The normalized spacial score (nSPS) is 14.3. The molecule has 35 heavy (non-hydrogen) atoms. The summed E-state index contributed by atoms with van der Waals surface area (Å²) in [6.45, 7) is 7.59. The highest BCUT2D eigenvalue weighted by molar-refractivity contribution is 5.89. The first-order chi connectivity index (χ1) is 16.5. The van der Waals surface area contributed by atoms with E-state index in [2.05, 4.69) is 24.3 Å². The lowest BCUT2D eigenvalue weighted by Crippen LogP contribution is -2.54. The van der Waals surface area contributed by atoms with E-state index < -0.39 is 30.1 Å². The maximum Gasteiger partial charge on any atom is 0.410 e. The number of rotatable bonds is 9. The van der Waals surface area contributed by atoms with Crippen molar-refractivity contribution in [3.05, 3.63) is 59.7 Å². The molecule has 1 N–H and O–H groups in total. The lowest BCUT2D eigenvalue weighted by Gasteiger charge is -2.35. The maximum absolute atomic E-state index is 13.4. The lowest BCUT2D eigenvalue weighted by molar-refractivity contribution is -0.153. The van der Waals surface area contributed by atoms with E-state index >= 15 is 0 Å². The summed E-state index contributed by atoms with van der Waals surface area (Å²) in [6.07, 6.45) is -0.204. The number of aliphatic carboxylic acids is 1. The molecule has 0 fully saturated rings. The SMILES string of the molecule is CC(C)CC(C(=O)N(C)[C@H](C(=O)O)C(C)C)N(C)C(=O)OCC1c2ccccc2-c2ccccc21. The Balaban J connectivity index is 1.77. The van der Waals surface area contributed by atoms with E-state index in [1.54, 1.807) is 20.9 Å². The Hall–Kier alpha value is -3.35. The number of hydrogen-bond acceptors (Lipinski definition) is 4. The number of carboxylic acids is 1. The van der Waals surface area contributed by atoms with E-state index in [0.29, 0.717) is 6.42 Å². The molecule has 1 aliphatic carbocycles. The fraction of sp³-hybridized carbons (Fsp3) is 0.464. The summed E-state index contributed by atoms with van der Waals surface area (Å²) in [5.41, 5.74) is 4.50. The standard InChI is InChI=1S/C28H36N2O5/c1-17(2)15-24(26(31)30(6)25(18(3)4)27(32)33)29(5)28(34)35-16-23-21-13-9-7-11-19(21)20-12-8-10-14-22(20)23/h7-14,17-18,23-25H,15-16H2,1-6H3,(H,32,33)/t24?,25-/m0/s1. The van der Waals surface area contributed by atoms with Gasteiger partial charge in [0.15, 0.2) is 0 Å². The number of fused-ring (bicyclic) bond motifs is 3. The zero-order chi connectivity index (χ0) is 25.9. The summed E-state index contributed by atoms with van der Waals surface area (Å²) >= 11 is 0. The van der Waals surface area contributed by atoms with Gasteiger partial charge in [-0.1, -0.05) is 76.2 Å². The number of nitrogens with zero attached hydrogens (tertiary/aromatic N) is 2. The smallest absolute Gasteiger partial charge is 0.410 e. The molecule has 0 aliphatic heterocycles. The first-order valence-corrected chi connectivity index (χ1v) is 12.1. The monoisotopic (exact) mass is 480 g/mol.